The van der Waals surface area contributed by atoms with Gasteiger partial charge in [0, 0.05) is 17.2 Å². The average Bonchev–Trinajstić information content (AvgIpc) is 2.71. The van der Waals surface area contributed by atoms with Gasteiger partial charge in [-0.2, -0.15) is 0 Å². The van der Waals surface area contributed by atoms with Crippen LogP contribution in [0.5, 0.6) is 0 Å². The van der Waals surface area contributed by atoms with Crippen molar-refractivity contribution in [3.8, 4) is 0 Å². The van der Waals surface area contributed by atoms with Crippen LogP contribution in [0.3, 0.4) is 0 Å². The van der Waals surface area contributed by atoms with Crippen LogP contribution in [0.25, 0.3) is 0 Å². The van der Waals surface area contributed by atoms with Gasteiger partial charge in [0.25, 0.3) is 0 Å². The number of nitrogens with zero attached hydrogens (tertiary/aromatic N) is 1. The lowest BCUT2D eigenvalue weighted by atomic mass is 9.93. The molecular formula is C12H17NO2S. The Labute approximate surface area is 99.5 Å². The summed E-state index contributed by atoms with van der Waals surface area (Å²) in [7, 11) is 0. The summed E-state index contributed by atoms with van der Waals surface area (Å²) in [6.45, 7) is 6.43. The summed E-state index contributed by atoms with van der Waals surface area (Å²) in [6.07, 6.45) is 1.65. The van der Waals surface area contributed by atoms with Crippen LogP contribution in [-0.2, 0) is 16.6 Å². The molecule has 0 aromatic carbocycles. The van der Waals surface area contributed by atoms with Crippen molar-refractivity contribution < 1.29 is 9.90 Å². The number of carbonyl (C=O) groups is 1. The highest BCUT2D eigenvalue weighted by molar-refractivity contribution is 7.09. The predicted octanol–water partition coefficient (Wildman–Crippen LogP) is 2.70. The van der Waals surface area contributed by atoms with Crippen LogP contribution in [0.1, 0.15) is 37.9 Å². The zero-order chi connectivity index (χ0) is 11.9. The molecule has 1 aliphatic rings. The third-order valence-electron chi connectivity index (χ3n) is 3.00. The van der Waals surface area contributed by atoms with Crippen LogP contribution < -0.4 is 0 Å². The third kappa shape index (κ3) is 2.43. The number of aliphatic carboxylic acids is 1. The van der Waals surface area contributed by atoms with Gasteiger partial charge in [-0.25, -0.2) is 4.98 Å². The second-order valence-corrected chi connectivity index (χ2v) is 6.46. The Kier molecular flexibility index (Phi) is 2.78. The SMILES string of the molecule is CC(C)(C)c1csc(CC2CC2C(=O)O)n1. The zero-order valence-electron chi connectivity index (χ0n) is 9.86. The number of carboxylic acid groups (broad SMARTS) is 1. The van der Waals surface area contributed by atoms with Gasteiger partial charge in [-0.1, -0.05) is 20.8 Å². The van der Waals surface area contributed by atoms with Crippen LogP contribution in [0.2, 0.25) is 0 Å². The summed E-state index contributed by atoms with van der Waals surface area (Å²) in [6, 6.07) is 0. The fourth-order valence-corrected chi connectivity index (χ4v) is 2.86. The van der Waals surface area contributed by atoms with E-state index in [2.05, 4.69) is 31.1 Å². The number of thiazole rings is 1. The summed E-state index contributed by atoms with van der Waals surface area (Å²) in [4.78, 5) is 15.3. The van der Waals surface area contributed by atoms with Gasteiger partial charge >= 0.3 is 5.97 Å². The van der Waals surface area contributed by atoms with Crippen LogP contribution in [0, 0.1) is 11.8 Å². The maximum Gasteiger partial charge on any atom is 0.306 e. The molecule has 1 aromatic rings. The van der Waals surface area contributed by atoms with Gasteiger partial charge in [0.05, 0.1) is 16.6 Å². The number of hydrogen-bond donors (Lipinski definition) is 1. The molecule has 0 spiro atoms. The summed E-state index contributed by atoms with van der Waals surface area (Å²) in [5.41, 5.74) is 1.20. The lowest BCUT2D eigenvalue weighted by molar-refractivity contribution is -0.138. The lowest BCUT2D eigenvalue weighted by Gasteiger charge is -2.14. The Bertz CT molecular complexity index is 405. The molecule has 3 nitrogen and oxygen atoms in total. The summed E-state index contributed by atoms with van der Waals surface area (Å²) >= 11 is 1.65. The van der Waals surface area contributed by atoms with Crippen molar-refractivity contribution in [2.45, 2.75) is 39.0 Å². The molecule has 1 heterocycles. The van der Waals surface area contributed by atoms with Crippen LogP contribution in [0.4, 0.5) is 0 Å². The smallest absolute Gasteiger partial charge is 0.306 e. The monoisotopic (exact) mass is 239 g/mol. The molecule has 2 unspecified atom stereocenters. The fraction of sp³-hybridized carbons (Fsp3) is 0.667. The van der Waals surface area contributed by atoms with E-state index >= 15 is 0 Å². The molecule has 0 amide bonds. The van der Waals surface area contributed by atoms with Crippen molar-refractivity contribution in [3.05, 3.63) is 16.1 Å². The van der Waals surface area contributed by atoms with Gasteiger partial charge in [0.2, 0.25) is 0 Å². The molecule has 4 heteroatoms. The first-order valence-corrected chi connectivity index (χ1v) is 6.43. The Hall–Kier alpha value is -0.900. The van der Waals surface area contributed by atoms with Crippen LogP contribution in [0.15, 0.2) is 5.38 Å². The molecule has 0 aliphatic heterocycles. The predicted molar refractivity (Wildman–Crippen MR) is 63.8 cm³/mol. The van der Waals surface area contributed by atoms with E-state index in [4.69, 9.17) is 5.11 Å². The Morgan fingerprint density at radius 1 is 1.62 bits per heavy atom. The number of aromatic nitrogens is 1. The standard InChI is InChI=1S/C12H17NO2S/c1-12(2,3)9-6-16-10(13-9)5-7-4-8(7)11(14)15/h6-8H,4-5H2,1-3H3,(H,14,15). The van der Waals surface area contributed by atoms with Crippen molar-refractivity contribution in [1.82, 2.24) is 4.98 Å². The summed E-state index contributed by atoms with van der Waals surface area (Å²) < 4.78 is 0. The van der Waals surface area contributed by atoms with E-state index in [1.54, 1.807) is 11.3 Å². The van der Waals surface area contributed by atoms with Gasteiger partial charge in [0.1, 0.15) is 0 Å². The second kappa shape index (κ2) is 3.84. The zero-order valence-corrected chi connectivity index (χ0v) is 10.7. The van der Waals surface area contributed by atoms with Crippen molar-refractivity contribution in [3.63, 3.8) is 0 Å². The van der Waals surface area contributed by atoms with Gasteiger partial charge < -0.3 is 5.11 Å². The number of carboxylic acids is 1. The van der Waals surface area contributed by atoms with E-state index in [-0.39, 0.29) is 11.3 Å². The summed E-state index contributed by atoms with van der Waals surface area (Å²) in [5, 5.41) is 12.0. The maximum absolute atomic E-state index is 10.7. The van der Waals surface area contributed by atoms with E-state index in [1.807, 2.05) is 0 Å². The maximum atomic E-state index is 10.7. The number of rotatable bonds is 3. The Morgan fingerprint density at radius 3 is 2.75 bits per heavy atom. The largest absolute Gasteiger partial charge is 0.481 e. The quantitative estimate of drug-likeness (QED) is 0.882. The normalized spacial score (nSPS) is 24.4. The van der Waals surface area contributed by atoms with Gasteiger partial charge in [0.15, 0.2) is 0 Å². The first-order chi connectivity index (χ1) is 7.38. The minimum Gasteiger partial charge on any atom is -0.481 e. The Morgan fingerprint density at radius 2 is 2.31 bits per heavy atom. The molecule has 0 radical (unpaired) electrons. The van der Waals surface area contributed by atoms with E-state index in [0.717, 1.165) is 23.5 Å². The van der Waals surface area contributed by atoms with Gasteiger partial charge in [-0.3, -0.25) is 4.79 Å². The molecule has 1 aromatic heterocycles. The van der Waals surface area contributed by atoms with E-state index in [0.29, 0.717) is 5.92 Å². The lowest BCUT2D eigenvalue weighted by Crippen LogP contribution is -2.11. The number of hydrogen-bond acceptors (Lipinski definition) is 3. The van der Waals surface area contributed by atoms with Gasteiger partial charge in [-0.05, 0) is 12.3 Å². The molecular weight excluding hydrogens is 222 g/mol. The van der Waals surface area contributed by atoms with Crippen LogP contribution >= 0.6 is 11.3 Å². The molecule has 1 aliphatic carbocycles. The van der Waals surface area contributed by atoms with Crippen molar-refractivity contribution in [1.29, 1.82) is 0 Å². The first-order valence-electron chi connectivity index (χ1n) is 5.55. The van der Waals surface area contributed by atoms with Crippen molar-refractivity contribution in [2.24, 2.45) is 11.8 Å². The minimum absolute atomic E-state index is 0.0878. The van der Waals surface area contributed by atoms with Crippen molar-refractivity contribution >= 4 is 17.3 Å². The fourth-order valence-electron chi connectivity index (χ4n) is 1.75. The summed E-state index contributed by atoms with van der Waals surface area (Å²) in [5.74, 6) is -0.462. The second-order valence-electron chi connectivity index (χ2n) is 5.52. The highest BCUT2D eigenvalue weighted by atomic mass is 32.1. The highest BCUT2D eigenvalue weighted by Crippen LogP contribution is 2.41. The minimum atomic E-state index is -0.655. The topological polar surface area (TPSA) is 50.2 Å². The third-order valence-corrected chi connectivity index (χ3v) is 3.87. The highest BCUT2D eigenvalue weighted by Gasteiger charge is 2.43. The molecule has 1 saturated carbocycles. The molecule has 1 fully saturated rings. The molecule has 16 heavy (non-hydrogen) atoms. The first kappa shape index (κ1) is 11.6. The molecule has 88 valence electrons. The average molecular weight is 239 g/mol. The molecule has 0 saturated heterocycles. The molecule has 1 N–H and O–H groups in total. The Balaban J connectivity index is 1.97. The molecule has 2 rings (SSSR count). The molecule has 2 atom stereocenters. The van der Waals surface area contributed by atoms with Gasteiger partial charge in [-0.15, -0.1) is 11.3 Å². The van der Waals surface area contributed by atoms with E-state index < -0.39 is 5.97 Å². The van der Waals surface area contributed by atoms with E-state index in [9.17, 15) is 4.79 Å². The molecule has 0 bridgehead atoms. The van der Waals surface area contributed by atoms with E-state index in [1.165, 1.54) is 0 Å². The van der Waals surface area contributed by atoms with Crippen LogP contribution in [-0.4, -0.2) is 16.1 Å². The van der Waals surface area contributed by atoms with Crippen molar-refractivity contribution in [2.75, 3.05) is 0 Å².